The van der Waals surface area contributed by atoms with Crippen molar-refractivity contribution in [3.8, 4) is 0 Å². The summed E-state index contributed by atoms with van der Waals surface area (Å²) < 4.78 is 0. The average molecular weight is 306 g/mol. The number of pyridine rings is 1. The lowest BCUT2D eigenvalue weighted by Gasteiger charge is -2.25. The summed E-state index contributed by atoms with van der Waals surface area (Å²) in [4.78, 5) is 31.0. The minimum absolute atomic E-state index is 0.0540. The number of amides is 3. The largest absolute Gasteiger partial charge is 0.349 e. The van der Waals surface area contributed by atoms with Gasteiger partial charge in [0, 0.05) is 58.5 Å². The van der Waals surface area contributed by atoms with Gasteiger partial charge < -0.3 is 15.1 Å². The van der Waals surface area contributed by atoms with E-state index >= 15 is 0 Å². The number of rotatable bonds is 7. The summed E-state index contributed by atoms with van der Waals surface area (Å²) in [5, 5.41) is 2.84. The van der Waals surface area contributed by atoms with Crippen LogP contribution in [-0.2, 0) is 11.2 Å². The fourth-order valence-corrected chi connectivity index (χ4v) is 1.94. The summed E-state index contributed by atoms with van der Waals surface area (Å²) in [5.74, 6) is 0.0751. The van der Waals surface area contributed by atoms with Crippen LogP contribution in [0.1, 0.15) is 25.5 Å². The van der Waals surface area contributed by atoms with E-state index in [0.29, 0.717) is 25.8 Å². The fourth-order valence-electron chi connectivity index (χ4n) is 1.94. The Morgan fingerprint density at radius 1 is 1.27 bits per heavy atom. The van der Waals surface area contributed by atoms with Crippen molar-refractivity contribution < 1.29 is 9.59 Å². The van der Waals surface area contributed by atoms with Crippen molar-refractivity contribution in [2.45, 2.75) is 32.2 Å². The van der Waals surface area contributed by atoms with Crippen LogP contribution in [0.4, 0.5) is 4.79 Å². The first-order valence-electron chi connectivity index (χ1n) is 7.52. The molecule has 1 aromatic rings. The Morgan fingerprint density at radius 2 is 2.00 bits per heavy atom. The van der Waals surface area contributed by atoms with Gasteiger partial charge in [0.1, 0.15) is 0 Å². The molecule has 1 rings (SSSR count). The zero-order valence-corrected chi connectivity index (χ0v) is 13.9. The monoisotopic (exact) mass is 306 g/mol. The van der Waals surface area contributed by atoms with Gasteiger partial charge in [0.25, 0.3) is 0 Å². The summed E-state index contributed by atoms with van der Waals surface area (Å²) in [5.41, 5.74) is 0.964. The van der Waals surface area contributed by atoms with Gasteiger partial charge in [-0.2, -0.15) is 0 Å². The third kappa shape index (κ3) is 6.11. The SMILES string of the molecule is C[C@H](Cc1ccccn1)N(C)C(=O)NCCCC(=O)N(C)C. The molecular formula is C16H26N4O2. The molecule has 0 saturated heterocycles. The van der Waals surface area contributed by atoms with Crippen molar-refractivity contribution in [1.29, 1.82) is 0 Å². The molecule has 0 unspecified atom stereocenters. The summed E-state index contributed by atoms with van der Waals surface area (Å²) in [6.07, 6.45) is 3.56. The van der Waals surface area contributed by atoms with Crippen molar-refractivity contribution in [1.82, 2.24) is 20.1 Å². The predicted octanol–water partition coefficient (Wildman–Crippen LogP) is 1.52. The molecule has 0 aliphatic heterocycles. The zero-order chi connectivity index (χ0) is 16.5. The Hall–Kier alpha value is -2.11. The molecule has 1 aromatic heterocycles. The fraction of sp³-hybridized carbons (Fsp3) is 0.562. The third-order valence-electron chi connectivity index (χ3n) is 3.55. The molecule has 1 atom stereocenters. The van der Waals surface area contributed by atoms with E-state index in [2.05, 4.69) is 10.3 Å². The molecule has 0 spiro atoms. The number of likely N-dealkylation sites (N-methyl/N-ethyl adjacent to an activating group) is 1. The highest BCUT2D eigenvalue weighted by Crippen LogP contribution is 2.05. The number of hydrogen-bond donors (Lipinski definition) is 1. The molecule has 6 nitrogen and oxygen atoms in total. The highest BCUT2D eigenvalue weighted by atomic mass is 16.2. The van der Waals surface area contributed by atoms with Crippen LogP contribution in [0.3, 0.4) is 0 Å². The molecule has 6 heteroatoms. The van der Waals surface area contributed by atoms with Crippen LogP contribution < -0.4 is 5.32 Å². The third-order valence-corrected chi connectivity index (χ3v) is 3.55. The molecule has 3 amide bonds. The molecule has 1 heterocycles. The maximum Gasteiger partial charge on any atom is 0.317 e. The highest BCUT2D eigenvalue weighted by molar-refractivity contribution is 5.76. The van der Waals surface area contributed by atoms with E-state index in [1.165, 1.54) is 0 Å². The van der Waals surface area contributed by atoms with Crippen LogP contribution >= 0.6 is 0 Å². The van der Waals surface area contributed by atoms with E-state index in [-0.39, 0.29) is 18.0 Å². The van der Waals surface area contributed by atoms with Crippen molar-refractivity contribution >= 4 is 11.9 Å². The Labute approximate surface area is 132 Å². The number of carbonyl (C=O) groups is 2. The first kappa shape index (κ1) is 17.9. The quantitative estimate of drug-likeness (QED) is 0.777. The van der Waals surface area contributed by atoms with Gasteiger partial charge in [-0.25, -0.2) is 4.79 Å². The second kappa shape index (κ2) is 9.02. The Balaban J connectivity index is 2.30. The van der Waals surface area contributed by atoms with E-state index in [1.807, 2.05) is 25.1 Å². The number of nitrogens with zero attached hydrogens (tertiary/aromatic N) is 3. The number of aromatic nitrogens is 1. The Kier molecular flexibility index (Phi) is 7.36. The molecule has 0 bridgehead atoms. The van der Waals surface area contributed by atoms with Gasteiger partial charge in [0.15, 0.2) is 0 Å². The topological polar surface area (TPSA) is 65.5 Å². The minimum atomic E-state index is -0.124. The van der Waals surface area contributed by atoms with Gasteiger partial charge in [-0.15, -0.1) is 0 Å². The van der Waals surface area contributed by atoms with Crippen LogP contribution in [0, 0.1) is 0 Å². The molecule has 1 N–H and O–H groups in total. The molecule has 0 saturated carbocycles. The van der Waals surface area contributed by atoms with Gasteiger partial charge in [-0.3, -0.25) is 9.78 Å². The first-order chi connectivity index (χ1) is 10.4. The Morgan fingerprint density at radius 3 is 2.59 bits per heavy atom. The lowest BCUT2D eigenvalue weighted by atomic mass is 10.1. The summed E-state index contributed by atoms with van der Waals surface area (Å²) in [6.45, 7) is 2.49. The highest BCUT2D eigenvalue weighted by Gasteiger charge is 2.16. The van der Waals surface area contributed by atoms with Crippen LogP contribution in [-0.4, -0.2) is 60.5 Å². The van der Waals surface area contributed by atoms with Crippen molar-refractivity contribution in [3.05, 3.63) is 30.1 Å². The normalized spacial score (nSPS) is 11.6. The maximum absolute atomic E-state index is 12.1. The summed E-state index contributed by atoms with van der Waals surface area (Å²) >= 11 is 0. The van der Waals surface area contributed by atoms with Crippen LogP contribution in [0.15, 0.2) is 24.4 Å². The average Bonchev–Trinajstić information content (AvgIpc) is 2.51. The molecule has 0 aromatic carbocycles. The second-order valence-electron chi connectivity index (χ2n) is 5.61. The number of urea groups is 1. The summed E-state index contributed by atoms with van der Waals surface area (Å²) in [6, 6.07) is 5.70. The zero-order valence-electron chi connectivity index (χ0n) is 13.9. The standard InChI is InChI=1S/C16H26N4O2/c1-13(12-14-8-5-6-10-17-14)20(4)16(22)18-11-7-9-15(21)19(2)3/h5-6,8,10,13H,7,9,11-12H2,1-4H3,(H,18,22)/t13-/m1/s1. The van der Waals surface area contributed by atoms with Gasteiger partial charge in [-0.05, 0) is 25.5 Å². The molecule has 0 aliphatic rings. The van der Waals surface area contributed by atoms with Crippen LogP contribution in [0.2, 0.25) is 0 Å². The van der Waals surface area contributed by atoms with Crippen LogP contribution in [0.25, 0.3) is 0 Å². The molecule has 0 aliphatic carbocycles. The van der Waals surface area contributed by atoms with Gasteiger partial charge in [0.05, 0.1) is 0 Å². The smallest absolute Gasteiger partial charge is 0.317 e. The van der Waals surface area contributed by atoms with Gasteiger partial charge in [-0.1, -0.05) is 6.07 Å². The maximum atomic E-state index is 12.1. The van der Waals surface area contributed by atoms with Crippen molar-refractivity contribution in [2.75, 3.05) is 27.7 Å². The van der Waals surface area contributed by atoms with E-state index in [1.54, 1.807) is 37.1 Å². The molecule has 0 fully saturated rings. The van der Waals surface area contributed by atoms with Gasteiger partial charge >= 0.3 is 6.03 Å². The van der Waals surface area contributed by atoms with Crippen molar-refractivity contribution in [2.24, 2.45) is 0 Å². The molecule has 0 radical (unpaired) electrons. The van der Waals surface area contributed by atoms with E-state index in [0.717, 1.165) is 5.69 Å². The van der Waals surface area contributed by atoms with E-state index in [4.69, 9.17) is 0 Å². The lowest BCUT2D eigenvalue weighted by molar-refractivity contribution is -0.128. The number of nitrogens with one attached hydrogen (secondary N) is 1. The predicted molar refractivity (Wildman–Crippen MR) is 86.5 cm³/mol. The second-order valence-corrected chi connectivity index (χ2v) is 5.61. The van der Waals surface area contributed by atoms with E-state index < -0.39 is 0 Å². The van der Waals surface area contributed by atoms with Gasteiger partial charge in [0.2, 0.25) is 5.91 Å². The van der Waals surface area contributed by atoms with E-state index in [9.17, 15) is 9.59 Å². The lowest BCUT2D eigenvalue weighted by Crippen LogP contribution is -2.43. The number of hydrogen-bond acceptors (Lipinski definition) is 3. The Bertz CT molecular complexity index is 476. The minimum Gasteiger partial charge on any atom is -0.349 e. The van der Waals surface area contributed by atoms with Crippen LogP contribution in [0.5, 0.6) is 0 Å². The molecule has 122 valence electrons. The van der Waals surface area contributed by atoms with Crippen molar-refractivity contribution in [3.63, 3.8) is 0 Å². The summed E-state index contributed by atoms with van der Waals surface area (Å²) in [7, 11) is 5.23. The molecular weight excluding hydrogens is 280 g/mol. The molecule has 22 heavy (non-hydrogen) atoms. The first-order valence-corrected chi connectivity index (χ1v) is 7.52. The number of carbonyl (C=O) groups excluding carboxylic acids is 2.